The Morgan fingerprint density at radius 3 is 2.32 bits per heavy atom. The van der Waals surface area contributed by atoms with Crippen LogP contribution in [0.1, 0.15) is 12.0 Å². The number of hydrogen-bond acceptors (Lipinski definition) is 4. The molecule has 0 aromatic heterocycles. The zero-order valence-corrected chi connectivity index (χ0v) is 14.4. The third-order valence-corrected chi connectivity index (χ3v) is 3.57. The molecule has 2 aromatic carbocycles. The van der Waals surface area contributed by atoms with E-state index in [9.17, 15) is 9.59 Å². The molecule has 0 saturated carbocycles. The van der Waals surface area contributed by atoms with Crippen molar-refractivity contribution in [2.45, 2.75) is 12.8 Å². The smallest absolute Gasteiger partial charge is 0.233 e. The molecule has 2 N–H and O–H groups in total. The van der Waals surface area contributed by atoms with Gasteiger partial charge in [0.05, 0.1) is 14.2 Å². The molecule has 2 amide bonds. The van der Waals surface area contributed by atoms with Gasteiger partial charge in [0.15, 0.2) is 11.5 Å². The van der Waals surface area contributed by atoms with Crippen LogP contribution in [0.5, 0.6) is 11.5 Å². The van der Waals surface area contributed by atoms with Gasteiger partial charge < -0.3 is 20.1 Å². The lowest BCUT2D eigenvalue weighted by Gasteiger charge is -2.10. The molecule has 0 spiro atoms. The van der Waals surface area contributed by atoms with E-state index in [0.29, 0.717) is 23.7 Å². The van der Waals surface area contributed by atoms with Gasteiger partial charge in [0.1, 0.15) is 6.42 Å². The Hall–Kier alpha value is -3.02. The van der Waals surface area contributed by atoms with E-state index < -0.39 is 0 Å². The van der Waals surface area contributed by atoms with Gasteiger partial charge >= 0.3 is 0 Å². The third-order valence-electron chi connectivity index (χ3n) is 3.57. The summed E-state index contributed by atoms with van der Waals surface area (Å²) >= 11 is 0. The number of ether oxygens (including phenoxy) is 2. The number of carbonyl (C=O) groups excluding carboxylic acids is 2. The highest BCUT2D eigenvalue weighted by Crippen LogP contribution is 2.29. The van der Waals surface area contributed by atoms with Crippen molar-refractivity contribution in [1.82, 2.24) is 5.32 Å². The number of rotatable bonds is 8. The second-order valence-corrected chi connectivity index (χ2v) is 5.38. The Morgan fingerprint density at radius 1 is 0.920 bits per heavy atom. The van der Waals surface area contributed by atoms with Crippen LogP contribution in [0.15, 0.2) is 48.5 Å². The highest BCUT2D eigenvalue weighted by Gasteiger charge is 2.11. The van der Waals surface area contributed by atoms with Gasteiger partial charge in [-0.05, 0) is 24.1 Å². The summed E-state index contributed by atoms with van der Waals surface area (Å²) in [7, 11) is 3.06. The molecule has 2 aromatic rings. The molecule has 0 heterocycles. The highest BCUT2D eigenvalue weighted by atomic mass is 16.5. The molecule has 0 aliphatic rings. The summed E-state index contributed by atoms with van der Waals surface area (Å²) in [5.74, 6) is 0.380. The van der Waals surface area contributed by atoms with Crippen LogP contribution >= 0.6 is 0 Å². The van der Waals surface area contributed by atoms with E-state index >= 15 is 0 Å². The summed E-state index contributed by atoms with van der Waals surface area (Å²) < 4.78 is 10.3. The van der Waals surface area contributed by atoms with Crippen LogP contribution in [-0.4, -0.2) is 32.6 Å². The minimum Gasteiger partial charge on any atom is -0.493 e. The molecule has 0 bridgehead atoms. The fraction of sp³-hybridized carbons (Fsp3) is 0.263. The van der Waals surface area contributed by atoms with Crippen molar-refractivity contribution >= 4 is 17.5 Å². The van der Waals surface area contributed by atoms with Crippen LogP contribution in [0.4, 0.5) is 5.69 Å². The number of amides is 2. The molecule has 6 nitrogen and oxygen atoms in total. The van der Waals surface area contributed by atoms with Crippen LogP contribution in [0.25, 0.3) is 0 Å². The molecule has 0 atom stereocenters. The Bertz CT molecular complexity index is 717. The van der Waals surface area contributed by atoms with Crippen LogP contribution < -0.4 is 20.1 Å². The van der Waals surface area contributed by atoms with Gasteiger partial charge in [-0.2, -0.15) is 0 Å². The van der Waals surface area contributed by atoms with E-state index in [2.05, 4.69) is 10.6 Å². The molecule has 0 fully saturated rings. The molecular formula is C19H22N2O4. The maximum atomic E-state index is 12.0. The van der Waals surface area contributed by atoms with Crippen LogP contribution in [-0.2, 0) is 16.0 Å². The minimum atomic E-state index is -0.385. The van der Waals surface area contributed by atoms with Crippen molar-refractivity contribution in [1.29, 1.82) is 0 Å². The average molecular weight is 342 g/mol. The molecule has 0 unspecified atom stereocenters. The molecule has 0 aliphatic carbocycles. The first-order valence-corrected chi connectivity index (χ1v) is 7.95. The second kappa shape index (κ2) is 9.32. The lowest BCUT2D eigenvalue weighted by molar-refractivity contribution is -0.126. The van der Waals surface area contributed by atoms with Crippen molar-refractivity contribution in [2.24, 2.45) is 0 Å². The summed E-state index contributed by atoms with van der Waals surface area (Å²) in [5, 5.41) is 5.42. The first-order chi connectivity index (χ1) is 12.1. The summed E-state index contributed by atoms with van der Waals surface area (Å²) in [6.07, 6.45) is 0.493. The van der Waals surface area contributed by atoms with E-state index in [-0.39, 0.29) is 18.2 Å². The van der Waals surface area contributed by atoms with Crippen LogP contribution in [0, 0.1) is 0 Å². The minimum absolute atomic E-state index is 0.233. The number of anilines is 1. The average Bonchev–Trinajstić information content (AvgIpc) is 2.62. The van der Waals surface area contributed by atoms with Gasteiger partial charge in [-0.25, -0.2) is 0 Å². The van der Waals surface area contributed by atoms with E-state index in [1.165, 1.54) is 14.2 Å². The molecule has 0 radical (unpaired) electrons. The maximum Gasteiger partial charge on any atom is 0.233 e. The van der Waals surface area contributed by atoms with Crippen molar-refractivity contribution in [3.8, 4) is 11.5 Å². The van der Waals surface area contributed by atoms with Gasteiger partial charge in [-0.3, -0.25) is 9.59 Å². The number of nitrogens with one attached hydrogen (secondary N) is 2. The number of carbonyl (C=O) groups is 2. The van der Waals surface area contributed by atoms with Gasteiger partial charge in [0, 0.05) is 18.3 Å². The van der Waals surface area contributed by atoms with Gasteiger partial charge in [-0.15, -0.1) is 0 Å². The molecular weight excluding hydrogens is 320 g/mol. The van der Waals surface area contributed by atoms with Crippen molar-refractivity contribution < 1.29 is 19.1 Å². The fourth-order valence-corrected chi connectivity index (χ4v) is 2.32. The maximum absolute atomic E-state index is 12.0. The molecule has 6 heteroatoms. The summed E-state index contributed by atoms with van der Waals surface area (Å²) in [6, 6.07) is 14.9. The van der Waals surface area contributed by atoms with Crippen molar-refractivity contribution in [3.63, 3.8) is 0 Å². The zero-order chi connectivity index (χ0) is 18.1. The zero-order valence-electron chi connectivity index (χ0n) is 14.4. The molecule has 0 saturated heterocycles. The number of methoxy groups -OCH3 is 2. The Balaban J connectivity index is 1.78. The number of benzene rings is 2. The normalized spacial score (nSPS) is 10.0. The lowest BCUT2D eigenvalue weighted by Crippen LogP contribution is -2.29. The third kappa shape index (κ3) is 5.84. The number of hydrogen-bond donors (Lipinski definition) is 2. The Labute approximate surface area is 147 Å². The molecule has 25 heavy (non-hydrogen) atoms. The standard InChI is InChI=1S/C19H22N2O4/c1-24-16-9-8-15(12-17(16)25-2)21-19(23)13-18(22)20-11-10-14-6-4-3-5-7-14/h3-9,12H,10-11,13H2,1-2H3,(H,20,22)(H,21,23). The van der Waals surface area contributed by atoms with Crippen LogP contribution in [0.3, 0.4) is 0 Å². The molecule has 132 valence electrons. The van der Waals surface area contributed by atoms with E-state index in [0.717, 1.165) is 12.0 Å². The van der Waals surface area contributed by atoms with Crippen LogP contribution in [0.2, 0.25) is 0 Å². The van der Waals surface area contributed by atoms with E-state index in [4.69, 9.17) is 9.47 Å². The second-order valence-electron chi connectivity index (χ2n) is 5.38. The van der Waals surface area contributed by atoms with Crippen molar-refractivity contribution in [2.75, 3.05) is 26.1 Å². The topological polar surface area (TPSA) is 76.7 Å². The summed E-state index contributed by atoms with van der Waals surface area (Å²) in [4.78, 5) is 23.8. The predicted molar refractivity (Wildman–Crippen MR) is 95.9 cm³/mol. The van der Waals surface area contributed by atoms with Gasteiger partial charge in [-0.1, -0.05) is 30.3 Å². The Morgan fingerprint density at radius 2 is 1.64 bits per heavy atom. The largest absolute Gasteiger partial charge is 0.493 e. The fourth-order valence-electron chi connectivity index (χ4n) is 2.32. The summed E-state index contributed by atoms with van der Waals surface area (Å²) in [6.45, 7) is 0.493. The highest BCUT2D eigenvalue weighted by molar-refractivity contribution is 6.03. The quantitative estimate of drug-likeness (QED) is 0.722. The van der Waals surface area contributed by atoms with E-state index in [1.54, 1.807) is 18.2 Å². The molecule has 0 aliphatic heterocycles. The summed E-state index contributed by atoms with van der Waals surface area (Å²) in [5.41, 5.74) is 1.68. The van der Waals surface area contributed by atoms with E-state index in [1.807, 2.05) is 30.3 Å². The first-order valence-electron chi connectivity index (χ1n) is 7.95. The van der Waals surface area contributed by atoms with Gasteiger partial charge in [0.25, 0.3) is 0 Å². The van der Waals surface area contributed by atoms with Crippen molar-refractivity contribution in [3.05, 3.63) is 54.1 Å². The monoisotopic (exact) mass is 342 g/mol. The lowest BCUT2D eigenvalue weighted by atomic mass is 10.1. The van der Waals surface area contributed by atoms with Gasteiger partial charge in [0.2, 0.25) is 11.8 Å². The SMILES string of the molecule is COc1ccc(NC(=O)CC(=O)NCCc2ccccc2)cc1OC. The molecule has 2 rings (SSSR count). The predicted octanol–water partition coefficient (Wildman–Crippen LogP) is 2.39. The Kier molecular flexibility index (Phi) is 6.83. The first kappa shape index (κ1) is 18.3.